The van der Waals surface area contributed by atoms with Gasteiger partial charge >= 0.3 is 5.97 Å². The number of imidazole rings is 1. The standard InChI is InChI=1S/C18H19N2O5P.C8H16N2/c21-9-10-25-18(22)13-6-7-15-16(12-13)20-17(19-15)8-11-26(23,24)14-4-2-1-3-5-14;1-3-4-5-10-7-6-9(2)8-10/h1-7,12,21H,8-11H2,(H,19,20)(H,23,24);6-7H,3-5,8H2,1-2H3. The fourth-order valence-corrected chi connectivity index (χ4v) is 5.08. The average molecular weight is 515 g/mol. The van der Waals surface area contributed by atoms with Crippen LogP contribution < -0.4 is 5.30 Å². The van der Waals surface area contributed by atoms with Crippen molar-refractivity contribution in [3.8, 4) is 0 Å². The first-order chi connectivity index (χ1) is 17.3. The number of H-pyrrole nitrogens is 1. The molecule has 0 saturated carbocycles. The number of carbonyl (C=O) groups is 1. The first-order valence-corrected chi connectivity index (χ1v) is 13.9. The lowest BCUT2D eigenvalue weighted by molar-refractivity contribution is 0.0434. The molecule has 2 heterocycles. The molecule has 0 saturated heterocycles. The molecule has 1 aromatic heterocycles. The summed E-state index contributed by atoms with van der Waals surface area (Å²) in [5.74, 6) is 0.0483. The van der Waals surface area contributed by atoms with Crippen LogP contribution in [0.15, 0.2) is 60.9 Å². The number of nitrogens with zero attached hydrogens (tertiary/aromatic N) is 3. The Bertz CT molecular complexity index is 1200. The summed E-state index contributed by atoms with van der Waals surface area (Å²) in [7, 11) is -1.35. The maximum atomic E-state index is 12.5. The highest BCUT2D eigenvalue weighted by Gasteiger charge is 2.21. The highest BCUT2D eigenvalue weighted by atomic mass is 31.2. The number of aromatic amines is 1. The molecule has 194 valence electrons. The second-order valence-corrected chi connectivity index (χ2v) is 11.0. The number of hydrogen-bond acceptors (Lipinski definition) is 7. The number of benzene rings is 2. The van der Waals surface area contributed by atoms with E-state index in [1.54, 1.807) is 48.5 Å². The highest BCUT2D eigenvalue weighted by Crippen LogP contribution is 2.39. The van der Waals surface area contributed by atoms with Crippen LogP contribution in [0.5, 0.6) is 0 Å². The largest absolute Gasteiger partial charge is 0.460 e. The number of nitrogens with one attached hydrogen (secondary N) is 1. The Hall–Kier alpha value is -3.13. The van der Waals surface area contributed by atoms with Crippen LogP contribution in [0.3, 0.4) is 0 Å². The van der Waals surface area contributed by atoms with Gasteiger partial charge in [0.05, 0.1) is 29.9 Å². The molecule has 1 atom stereocenters. The second kappa shape index (κ2) is 13.3. The summed E-state index contributed by atoms with van der Waals surface area (Å²) in [5, 5.41) is 9.13. The van der Waals surface area contributed by atoms with E-state index in [-0.39, 0.29) is 19.4 Å². The number of ether oxygens (including phenoxy) is 1. The zero-order valence-corrected chi connectivity index (χ0v) is 21.7. The molecule has 9 nitrogen and oxygen atoms in total. The normalized spacial score (nSPS) is 14.4. The quantitative estimate of drug-likeness (QED) is 0.279. The first kappa shape index (κ1) is 27.5. The first-order valence-electron chi connectivity index (χ1n) is 12.1. The van der Waals surface area contributed by atoms with Crippen LogP contribution in [0.25, 0.3) is 11.0 Å². The van der Waals surface area contributed by atoms with Gasteiger partial charge in [0.1, 0.15) is 12.4 Å². The minimum Gasteiger partial charge on any atom is -0.460 e. The summed E-state index contributed by atoms with van der Waals surface area (Å²) in [4.78, 5) is 34.1. The number of aromatic nitrogens is 2. The van der Waals surface area contributed by atoms with Gasteiger partial charge in [0, 0.05) is 43.9 Å². The van der Waals surface area contributed by atoms with Crippen LogP contribution in [-0.2, 0) is 15.7 Å². The monoisotopic (exact) mass is 514 g/mol. The third kappa shape index (κ3) is 7.95. The van der Waals surface area contributed by atoms with E-state index < -0.39 is 13.3 Å². The van der Waals surface area contributed by atoms with E-state index in [0.29, 0.717) is 34.1 Å². The predicted molar refractivity (Wildman–Crippen MR) is 141 cm³/mol. The molecule has 1 unspecified atom stereocenters. The summed E-state index contributed by atoms with van der Waals surface area (Å²) >= 11 is 0. The number of unbranched alkanes of at least 4 members (excludes halogenated alkanes) is 1. The molecule has 0 aliphatic carbocycles. The molecule has 3 aromatic rings. The van der Waals surface area contributed by atoms with E-state index in [4.69, 9.17) is 9.84 Å². The van der Waals surface area contributed by atoms with Gasteiger partial charge in [-0.05, 0) is 36.8 Å². The van der Waals surface area contributed by atoms with Crippen molar-refractivity contribution in [3.63, 3.8) is 0 Å². The molecule has 1 aliphatic rings. The molecule has 0 spiro atoms. The van der Waals surface area contributed by atoms with Crippen LogP contribution in [0.1, 0.15) is 35.9 Å². The minimum atomic E-state index is -3.45. The van der Waals surface area contributed by atoms with Crippen molar-refractivity contribution in [1.82, 2.24) is 19.8 Å². The molecule has 36 heavy (non-hydrogen) atoms. The van der Waals surface area contributed by atoms with Gasteiger partial charge in [0.15, 0.2) is 0 Å². The molecule has 10 heteroatoms. The van der Waals surface area contributed by atoms with Crippen molar-refractivity contribution in [2.45, 2.75) is 26.2 Å². The number of aryl methyl sites for hydroxylation is 1. The maximum Gasteiger partial charge on any atom is 0.338 e. The SMILES string of the molecule is CCCCN1C=CN(C)C1.O=C(OCCO)c1ccc2nc(CCP(=O)(O)c3ccccc3)[nH]c2c1. The van der Waals surface area contributed by atoms with Gasteiger partial charge in [-0.1, -0.05) is 31.5 Å². The van der Waals surface area contributed by atoms with Gasteiger partial charge in [-0.3, -0.25) is 4.57 Å². The van der Waals surface area contributed by atoms with Crippen LogP contribution in [-0.4, -0.2) is 75.4 Å². The number of esters is 1. The molecule has 0 fully saturated rings. The van der Waals surface area contributed by atoms with Gasteiger partial charge in [-0.15, -0.1) is 0 Å². The van der Waals surface area contributed by atoms with E-state index >= 15 is 0 Å². The van der Waals surface area contributed by atoms with Crippen LogP contribution in [0, 0.1) is 0 Å². The van der Waals surface area contributed by atoms with E-state index in [2.05, 4.69) is 46.1 Å². The summed E-state index contributed by atoms with van der Waals surface area (Å²) in [6.07, 6.45) is 7.25. The fraction of sp³-hybridized carbons (Fsp3) is 0.385. The molecule has 0 bridgehead atoms. The molecular weight excluding hydrogens is 479 g/mol. The zero-order valence-electron chi connectivity index (χ0n) is 20.8. The van der Waals surface area contributed by atoms with Crippen molar-refractivity contribution in [2.75, 3.05) is 39.6 Å². The Morgan fingerprint density at radius 2 is 1.97 bits per heavy atom. The third-order valence-electron chi connectivity index (χ3n) is 5.64. The molecular formula is C26H35N4O5P. The summed E-state index contributed by atoms with van der Waals surface area (Å²) < 4.78 is 17.4. The van der Waals surface area contributed by atoms with Crippen molar-refractivity contribution < 1.29 is 24.1 Å². The second-order valence-electron chi connectivity index (χ2n) is 8.65. The molecule has 1 aliphatic heterocycles. The van der Waals surface area contributed by atoms with Gasteiger partial charge < -0.3 is 29.5 Å². The molecule has 4 rings (SSSR count). The highest BCUT2D eigenvalue weighted by molar-refractivity contribution is 7.66. The Kier molecular flexibility index (Phi) is 10.1. The van der Waals surface area contributed by atoms with Crippen molar-refractivity contribution in [1.29, 1.82) is 0 Å². The van der Waals surface area contributed by atoms with Crippen LogP contribution in [0.2, 0.25) is 0 Å². The van der Waals surface area contributed by atoms with Gasteiger partial charge in [-0.2, -0.15) is 0 Å². The van der Waals surface area contributed by atoms with Crippen LogP contribution >= 0.6 is 7.37 Å². The van der Waals surface area contributed by atoms with Crippen LogP contribution in [0.4, 0.5) is 0 Å². The number of hydrogen-bond donors (Lipinski definition) is 3. The Morgan fingerprint density at radius 3 is 2.64 bits per heavy atom. The molecule has 0 radical (unpaired) electrons. The van der Waals surface area contributed by atoms with E-state index in [9.17, 15) is 14.3 Å². The maximum absolute atomic E-state index is 12.5. The van der Waals surface area contributed by atoms with Crippen molar-refractivity contribution >= 4 is 29.7 Å². The van der Waals surface area contributed by atoms with Gasteiger partial charge in [0.2, 0.25) is 7.37 Å². The van der Waals surface area contributed by atoms with Gasteiger partial charge in [0.25, 0.3) is 0 Å². The lowest BCUT2D eigenvalue weighted by atomic mass is 10.2. The Balaban J connectivity index is 0.000000303. The summed E-state index contributed by atoms with van der Waals surface area (Å²) in [6.45, 7) is 4.21. The lowest BCUT2D eigenvalue weighted by Crippen LogP contribution is -2.23. The molecule has 3 N–H and O–H groups in total. The lowest BCUT2D eigenvalue weighted by Gasteiger charge is -2.17. The minimum absolute atomic E-state index is 0.0592. The third-order valence-corrected chi connectivity index (χ3v) is 7.57. The smallest absolute Gasteiger partial charge is 0.338 e. The van der Waals surface area contributed by atoms with Crippen molar-refractivity contribution in [3.05, 3.63) is 72.3 Å². The van der Waals surface area contributed by atoms with E-state index in [0.717, 1.165) is 6.67 Å². The summed E-state index contributed by atoms with van der Waals surface area (Å²) in [5.41, 5.74) is 1.65. The summed E-state index contributed by atoms with van der Waals surface area (Å²) in [6, 6.07) is 13.4. The van der Waals surface area contributed by atoms with Crippen molar-refractivity contribution in [2.24, 2.45) is 0 Å². The Labute approximate surface area is 211 Å². The number of aliphatic hydroxyl groups is 1. The number of fused-ring (bicyclic) bond motifs is 1. The molecule has 2 aromatic carbocycles. The topological polar surface area (TPSA) is 119 Å². The predicted octanol–water partition coefficient (Wildman–Crippen LogP) is 3.31. The van der Waals surface area contributed by atoms with E-state index in [1.165, 1.54) is 19.4 Å². The fourth-order valence-electron chi connectivity index (χ4n) is 3.67. The van der Waals surface area contributed by atoms with E-state index in [1.807, 2.05) is 0 Å². The molecule has 0 amide bonds. The number of carbonyl (C=O) groups excluding carboxylic acids is 1. The Morgan fingerprint density at radius 1 is 1.19 bits per heavy atom. The average Bonchev–Trinajstić information content (AvgIpc) is 3.50. The zero-order chi connectivity index (χ0) is 26.0. The number of rotatable bonds is 10. The number of aliphatic hydroxyl groups excluding tert-OH is 1. The van der Waals surface area contributed by atoms with Gasteiger partial charge in [-0.25, -0.2) is 9.78 Å².